The van der Waals surface area contributed by atoms with Crippen molar-refractivity contribution in [2.45, 2.75) is 19.8 Å². The van der Waals surface area contributed by atoms with Gasteiger partial charge in [-0.15, -0.1) is 0 Å². The highest BCUT2D eigenvalue weighted by atomic mass is 35.5. The standard InChI is InChI=1S/C21H18ClN3O2/c1-13-4-5-16(19(22)7-13)15-8-17(21(26)27)18-12-25(24-20(18)9-15)11-14-3-2-6-23-10-14/h2-10,12,21,26-27H,11H2,1H3. The summed E-state index contributed by atoms with van der Waals surface area (Å²) < 4.78 is 1.77. The summed E-state index contributed by atoms with van der Waals surface area (Å²) in [6.07, 6.45) is 3.72. The van der Waals surface area contributed by atoms with Gasteiger partial charge in [0.15, 0.2) is 6.29 Å². The Kier molecular flexibility index (Phi) is 4.66. The normalized spacial score (nSPS) is 11.4. The molecule has 136 valence electrons. The van der Waals surface area contributed by atoms with Crippen molar-refractivity contribution in [1.29, 1.82) is 0 Å². The Hall–Kier alpha value is -2.73. The largest absolute Gasteiger partial charge is 0.364 e. The highest BCUT2D eigenvalue weighted by Crippen LogP contribution is 2.34. The monoisotopic (exact) mass is 379 g/mol. The molecule has 2 N–H and O–H groups in total. The maximum atomic E-state index is 9.88. The average Bonchev–Trinajstić information content (AvgIpc) is 3.03. The number of pyridine rings is 1. The molecule has 6 heteroatoms. The van der Waals surface area contributed by atoms with Gasteiger partial charge in [-0.2, -0.15) is 5.10 Å². The van der Waals surface area contributed by atoms with E-state index in [1.165, 1.54) is 0 Å². The predicted molar refractivity (Wildman–Crippen MR) is 105 cm³/mol. The molecule has 0 atom stereocenters. The van der Waals surface area contributed by atoms with Gasteiger partial charge in [-0.1, -0.05) is 29.8 Å². The van der Waals surface area contributed by atoms with E-state index >= 15 is 0 Å². The van der Waals surface area contributed by atoms with Crippen LogP contribution in [0.4, 0.5) is 0 Å². The van der Waals surface area contributed by atoms with Crippen LogP contribution in [0.1, 0.15) is 23.0 Å². The van der Waals surface area contributed by atoms with Gasteiger partial charge in [-0.05, 0) is 47.9 Å². The number of hydrogen-bond acceptors (Lipinski definition) is 4. The van der Waals surface area contributed by atoms with Crippen molar-refractivity contribution in [1.82, 2.24) is 14.8 Å². The number of fused-ring (bicyclic) bond motifs is 1. The molecule has 2 aromatic carbocycles. The van der Waals surface area contributed by atoms with E-state index in [9.17, 15) is 10.2 Å². The van der Waals surface area contributed by atoms with Crippen molar-refractivity contribution in [2.24, 2.45) is 0 Å². The SMILES string of the molecule is Cc1ccc(-c2cc(C(O)O)c3cn(Cc4cccnc4)nc3c2)c(Cl)c1. The molecule has 5 nitrogen and oxygen atoms in total. The molecule has 0 amide bonds. The summed E-state index contributed by atoms with van der Waals surface area (Å²) >= 11 is 6.40. The zero-order valence-corrected chi connectivity index (χ0v) is 15.4. The second-order valence-corrected chi connectivity index (χ2v) is 6.95. The van der Waals surface area contributed by atoms with Crippen molar-refractivity contribution in [3.05, 3.63) is 82.8 Å². The van der Waals surface area contributed by atoms with E-state index in [1.54, 1.807) is 23.1 Å². The molecule has 0 aliphatic carbocycles. The zero-order chi connectivity index (χ0) is 19.0. The van der Waals surface area contributed by atoms with Crippen LogP contribution in [0.2, 0.25) is 5.02 Å². The van der Waals surface area contributed by atoms with Crippen LogP contribution < -0.4 is 0 Å². The van der Waals surface area contributed by atoms with Crippen LogP contribution in [0.15, 0.2) is 61.1 Å². The van der Waals surface area contributed by atoms with Crippen molar-refractivity contribution in [3.63, 3.8) is 0 Å². The smallest absolute Gasteiger partial charge is 0.179 e. The molecule has 0 unspecified atom stereocenters. The first-order valence-electron chi connectivity index (χ1n) is 8.54. The molecule has 0 aliphatic heterocycles. The number of halogens is 1. The predicted octanol–water partition coefficient (Wildman–Crippen LogP) is 4.09. The fourth-order valence-corrected chi connectivity index (χ4v) is 3.53. The summed E-state index contributed by atoms with van der Waals surface area (Å²) in [6, 6.07) is 13.3. The van der Waals surface area contributed by atoms with E-state index in [4.69, 9.17) is 11.6 Å². The van der Waals surface area contributed by atoms with E-state index < -0.39 is 6.29 Å². The first-order chi connectivity index (χ1) is 13.0. The van der Waals surface area contributed by atoms with Crippen molar-refractivity contribution < 1.29 is 10.2 Å². The van der Waals surface area contributed by atoms with E-state index in [0.717, 1.165) is 22.3 Å². The lowest BCUT2D eigenvalue weighted by molar-refractivity contribution is -0.0412. The second-order valence-electron chi connectivity index (χ2n) is 6.54. The van der Waals surface area contributed by atoms with Crippen LogP contribution in [0.3, 0.4) is 0 Å². The summed E-state index contributed by atoms with van der Waals surface area (Å²) in [4.78, 5) is 4.12. The van der Waals surface area contributed by atoms with Gasteiger partial charge < -0.3 is 10.2 Å². The summed E-state index contributed by atoms with van der Waals surface area (Å²) in [7, 11) is 0. The number of aliphatic hydroxyl groups excluding tert-OH is 1. The molecule has 4 aromatic rings. The van der Waals surface area contributed by atoms with Crippen molar-refractivity contribution in [3.8, 4) is 11.1 Å². The van der Waals surface area contributed by atoms with Gasteiger partial charge in [0, 0.05) is 40.1 Å². The molecule has 0 aliphatic rings. The fourth-order valence-electron chi connectivity index (χ4n) is 3.18. The number of aliphatic hydroxyl groups is 2. The van der Waals surface area contributed by atoms with E-state index in [2.05, 4.69) is 10.1 Å². The van der Waals surface area contributed by atoms with Gasteiger partial charge in [0.05, 0.1) is 12.1 Å². The molecule has 0 spiro atoms. The molecular formula is C21H18ClN3O2. The Morgan fingerprint density at radius 2 is 2.00 bits per heavy atom. The van der Waals surface area contributed by atoms with Gasteiger partial charge in [-0.3, -0.25) is 9.67 Å². The molecule has 0 saturated heterocycles. The van der Waals surface area contributed by atoms with E-state index in [-0.39, 0.29) is 0 Å². The van der Waals surface area contributed by atoms with Gasteiger partial charge in [0.2, 0.25) is 0 Å². The van der Waals surface area contributed by atoms with Crippen LogP contribution in [0.5, 0.6) is 0 Å². The lowest BCUT2D eigenvalue weighted by Gasteiger charge is -2.10. The molecular weight excluding hydrogens is 362 g/mol. The molecule has 2 aromatic heterocycles. The number of nitrogens with zero attached hydrogens (tertiary/aromatic N) is 3. The Morgan fingerprint density at radius 1 is 1.15 bits per heavy atom. The quantitative estimate of drug-likeness (QED) is 0.524. The molecule has 0 saturated carbocycles. The average molecular weight is 380 g/mol. The Bertz CT molecular complexity index is 1110. The summed E-state index contributed by atoms with van der Waals surface area (Å²) in [5.74, 6) is 0. The molecule has 0 bridgehead atoms. The highest BCUT2D eigenvalue weighted by Gasteiger charge is 2.15. The minimum atomic E-state index is -1.60. The maximum absolute atomic E-state index is 9.88. The van der Waals surface area contributed by atoms with Gasteiger partial charge >= 0.3 is 0 Å². The number of benzene rings is 2. The molecule has 0 radical (unpaired) electrons. The third-order valence-corrected chi connectivity index (χ3v) is 4.80. The van der Waals surface area contributed by atoms with Crippen molar-refractivity contribution >= 4 is 22.5 Å². The first kappa shape index (κ1) is 17.7. The maximum Gasteiger partial charge on any atom is 0.179 e. The topological polar surface area (TPSA) is 71.2 Å². The molecule has 2 heterocycles. The fraction of sp³-hybridized carbons (Fsp3) is 0.143. The summed E-state index contributed by atoms with van der Waals surface area (Å²) in [5.41, 5.74) is 4.77. The zero-order valence-electron chi connectivity index (χ0n) is 14.7. The van der Waals surface area contributed by atoms with Crippen LogP contribution in [-0.4, -0.2) is 25.0 Å². The third-order valence-electron chi connectivity index (χ3n) is 4.49. The molecule has 27 heavy (non-hydrogen) atoms. The number of aromatic nitrogens is 3. The van der Waals surface area contributed by atoms with E-state index in [1.807, 2.05) is 49.5 Å². The molecule has 0 fully saturated rings. The van der Waals surface area contributed by atoms with Crippen molar-refractivity contribution in [2.75, 3.05) is 0 Å². The number of hydrogen-bond donors (Lipinski definition) is 2. The van der Waals surface area contributed by atoms with Gasteiger partial charge in [0.25, 0.3) is 0 Å². The van der Waals surface area contributed by atoms with E-state index in [0.29, 0.717) is 28.0 Å². The summed E-state index contributed by atoms with van der Waals surface area (Å²) in [6.45, 7) is 2.52. The Labute approximate surface area is 161 Å². The number of rotatable bonds is 4. The van der Waals surface area contributed by atoms with Crippen LogP contribution in [0.25, 0.3) is 22.0 Å². The minimum Gasteiger partial charge on any atom is -0.364 e. The minimum absolute atomic E-state index is 0.400. The Balaban J connectivity index is 1.83. The first-order valence-corrected chi connectivity index (χ1v) is 8.92. The third kappa shape index (κ3) is 3.57. The second kappa shape index (κ2) is 7.12. The van der Waals surface area contributed by atoms with Gasteiger partial charge in [0.1, 0.15) is 0 Å². The van der Waals surface area contributed by atoms with Crippen LogP contribution in [0, 0.1) is 6.92 Å². The lowest BCUT2D eigenvalue weighted by atomic mass is 9.99. The van der Waals surface area contributed by atoms with Crippen LogP contribution in [-0.2, 0) is 6.54 Å². The Morgan fingerprint density at radius 3 is 2.70 bits per heavy atom. The summed E-state index contributed by atoms with van der Waals surface area (Å²) in [5, 5.41) is 25.7. The van der Waals surface area contributed by atoms with Gasteiger partial charge in [-0.25, -0.2) is 0 Å². The highest BCUT2D eigenvalue weighted by molar-refractivity contribution is 6.33. The van der Waals surface area contributed by atoms with Crippen LogP contribution >= 0.6 is 11.6 Å². The molecule has 4 rings (SSSR count). The number of aryl methyl sites for hydroxylation is 1. The lowest BCUT2D eigenvalue weighted by Crippen LogP contribution is -1.99.